The quantitative estimate of drug-likeness (QED) is 0.745. The number of hydrogen-bond donors (Lipinski definition) is 3. The first kappa shape index (κ1) is 16.3. The molecule has 2 unspecified atom stereocenters. The number of nitrogens with zero attached hydrogens (tertiary/aromatic N) is 1. The number of aryl methyl sites for hydroxylation is 1. The van der Waals surface area contributed by atoms with Crippen LogP contribution in [0.2, 0.25) is 0 Å². The minimum Gasteiger partial charge on any atom is -0.358 e. The van der Waals surface area contributed by atoms with E-state index in [0.717, 1.165) is 32.4 Å². The molecule has 1 saturated heterocycles. The van der Waals surface area contributed by atoms with Crippen LogP contribution in [0.25, 0.3) is 10.9 Å². The number of H-pyrrole nitrogens is 1. The van der Waals surface area contributed by atoms with E-state index < -0.39 is 11.3 Å². The molecule has 130 valence electrons. The fourth-order valence-electron chi connectivity index (χ4n) is 4.84. The molecule has 6 heteroatoms. The molecule has 4 rings (SSSR count). The van der Waals surface area contributed by atoms with Crippen molar-refractivity contribution in [1.82, 2.24) is 14.6 Å². The second kappa shape index (κ2) is 6.26. The smallest absolute Gasteiger partial charge is 0.232 e. The Morgan fingerprint density at radius 2 is 2.29 bits per heavy atom. The maximum atomic E-state index is 11.3. The number of fused-ring (bicyclic) bond motifs is 2. The number of likely N-dealkylation sites (tertiary alicyclic amines) is 1. The van der Waals surface area contributed by atoms with E-state index in [2.05, 4.69) is 46.7 Å². The number of rotatable bonds is 4. The molecule has 1 aliphatic carbocycles. The Bertz CT molecular complexity index is 788. The van der Waals surface area contributed by atoms with Crippen LogP contribution in [0.15, 0.2) is 18.2 Å². The minimum atomic E-state index is -1.96. The molecule has 1 aliphatic heterocycles. The fraction of sp³-hybridized carbons (Fsp3) is 0.556. The molecule has 5 nitrogen and oxygen atoms in total. The van der Waals surface area contributed by atoms with Gasteiger partial charge in [-0.3, -0.25) is 9.45 Å². The molecule has 0 radical (unpaired) electrons. The highest BCUT2D eigenvalue weighted by Gasteiger charge is 2.41. The van der Waals surface area contributed by atoms with Gasteiger partial charge in [0, 0.05) is 41.1 Å². The molecule has 1 aromatic carbocycles. The molecule has 2 heterocycles. The van der Waals surface area contributed by atoms with Gasteiger partial charge in [-0.2, -0.15) is 0 Å². The Kier molecular flexibility index (Phi) is 4.24. The number of aromatic nitrogens is 1. The number of nitrogens with one attached hydrogen (secondary N) is 2. The van der Waals surface area contributed by atoms with Crippen molar-refractivity contribution in [3.8, 4) is 0 Å². The van der Waals surface area contributed by atoms with Crippen molar-refractivity contribution in [3.05, 3.63) is 35.0 Å². The van der Waals surface area contributed by atoms with Crippen LogP contribution in [0.4, 0.5) is 0 Å². The van der Waals surface area contributed by atoms with E-state index in [0.29, 0.717) is 12.0 Å². The van der Waals surface area contributed by atoms with E-state index in [1.165, 1.54) is 27.7 Å². The lowest BCUT2D eigenvalue weighted by atomic mass is 9.73. The zero-order chi connectivity index (χ0) is 16.8. The molecule has 24 heavy (non-hydrogen) atoms. The molecule has 0 amide bonds. The molecule has 4 atom stereocenters. The molecule has 0 bridgehead atoms. The average Bonchev–Trinajstić information content (AvgIpc) is 2.85. The van der Waals surface area contributed by atoms with E-state index in [4.69, 9.17) is 0 Å². The van der Waals surface area contributed by atoms with Crippen molar-refractivity contribution >= 4 is 22.2 Å². The van der Waals surface area contributed by atoms with Crippen molar-refractivity contribution < 1.29 is 8.76 Å². The third-order valence-electron chi connectivity index (χ3n) is 5.69. The Labute approximate surface area is 145 Å². The predicted octanol–water partition coefficient (Wildman–Crippen LogP) is 2.70. The zero-order valence-electron chi connectivity index (χ0n) is 14.2. The highest BCUT2D eigenvalue weighted by atomic mass is 32.2. The standard InChI is InChI=1S/C18H25N3O2S/c1-3-7-21-10-12(20-24(22)23)8-15-13-5-4-6-16-18(13)14(9-17(15)21)11(2)19-16/h4-6,12,15,17,19-20H,3,7-10H2,1-2H3,(H,22,23)/t12-,15?,17+/m0/s1. The van der Waals surface area contributed by atoms with Crippen LogP contribution >= 0.6 is 0 Å². The van der Waals surface area contributed by atoms with Crippen molar-refractivity contribution in [2.45, 2.75) is 51.1 Å². The lowest BCUT2D eigenvalue weighted by Gasteiger charge is -2.47. The van der Waals surface area contributed by atoms with Gasteiger partial charge in [-0.15, -0.1) is 0 Å². The summed E-state index contributed by atoms with van der Waals surface area (Å²) < 4.78 is 23.4. The van der Waals surface area contributed by atoms with Crippen LogP contribution in [0, 0.1) is 6.92 Å². The van der Waals surface area contributed by atoms with Gasteiger partial charge in [-0.05, 0) is 49.9 Å². The maximum Gasteiger partial charge on any atom is 0.232 e. The third kappa shape index (κ3) is 2.62. The van der Waals surface area contributed by atoms with Crippen LogP contribution in [0.5, 0.6) is 0 Å². The molecule has 3 N–H and O–H groups in total. The van der Waals surface area contributed by atoms with Gasteiger partial charge >= 0.3 is 0 Å². The summed E-state index contributed by atoms with van der Waals surface area (Å²) in [6.45, 7) is 6.25. The summed E-state index contributed by atoms with van der Waals surface area (Å²) in [7, 11) is 0. The van der Waals surface area contributed by atoms with Gasteiger partial charge in [0.15, 0.2) is 0 Å². The second-order valence-electron chi connectivity index (χ2n) is 7.17. The predicted molar refractivity (Wildman–Crippen MR) is 97.4 cm³/mol. The first-order valence-electron chi connectivity index (χ1n) is 8.79. The van der Waals surface area contributed by atoms with Crippen LogP contribution in [-0.2, 0) is 17.7 Å². The Morgan fingerprint density at radius 3 is 3.04 bits per heavy atom. The van der Waals surface area contributed by atoms with Crippen molar-refractivity contribution in [2.75, 3.05) is 13.1 Å². The van der Waals surface area contributed by atoms with Gasteiger partial charge in [0.2, 0.25) is 11.3 Å². The van der Waals surface area contributed by atoms with Gasteiger partial charge in [0.25, 0.3) is 0 Å². The summed E-state index contributed by atoms with van der Waals surface area (Å²) >= 11 is -1.96. The lowest BCUT2D eigenvalue weighted by molar-refractivity contribution is 0.105. The number of hydrogen-bond acceptors (Lipinski definition) is 2. The molecule has 1 fully saturated rings. The molecule has 2 aromatic rings. The van der Waals surface area contributed by atoms with E-state index in [9.17, 15) is 8.76 Å². The highest BCUT2D eigenvalue weighted by molar-refractivity contribution is 7.77. The Balaban J connectivity index is 1.77. The highest BCUT2D eigenvalue weighted by Crippen LogP contribution is 2.44. The summed E-state index contributed by atoms with van der Waals surface area (Å²) in [4.78, 5) is 6.06. The van der Waals surface area contributed by atoms with Crippen molar-refractivity contribution in [1.29, 1.82) is 0 Å². The van der Waals surface area contributed by atoms with Crippen molar-refractivity contribution in [2.24, 2.45) is 0 Å². The third-order valence-corrected chi connectivity index (χ3v) is 6.23. The van der Waals surface area contributed by atoms with E-state index in [1.54, 1.807) is 0 Å². The van der Waals surface area contributed by atoms with E-state index in [-0.39, 0.29) is 6.04 Å². The number of piperidine rings is 1. The van der Waals surface area contributed by atoms with E-state index >= 15 is 0 Å². The summed E-state index contributed by atoms with van der Waals surface area (Å²) in [6.07, 6.45) is 3.09. The molecule has 0 saturated carbocycles. The van der Waals surface area contributed by atoms with Gasteiger partial charge in [0.1, 0.15) is 0 Å². The first-order chi connectivity index (χ1) is 11.6. The lowest BCUT2D eigenvalue weighted by Crippen LogP contribution is -2.55. The zero-order valence-corrected chi connectivity index (χ0v) is 15.0. The number of aromatic amines is 1. The average molecular weight is 347 g/mol. The summed E-state index contributed by atoms with van der Waals surface area (Å²) in [5, 5.41) is 1.39. The molecular formula is C18H25N3O2S. The second-order valence-corrected chi connectivity index (χ2v) is 7.90. The maximum absolute atomic E-state index is 11.3. The molecule has 1 aromatic heterocycles. The topological polar surface area (TPSA) is 68.4 Å². The SMILES string of the molecule is CCCN1C[C@@H](NS(=O)O)CC2c3cccc4[nH]c(C)c(c34)C[C@H]21. The van der Waals surface area contributed by atoms with Crippen LogP contribution < -0.4 is 4.72 Å². The van der Waals surface area contributed by atoms with Crippen LogP contribution in [-0.4, -0.2) is 43.8 Å². The van der Waals surface area contributed by atoms with Gasteiger partial charge in [-0.1, -0.05) is 19.1 Å². The van der Waals surface area contributed by atoms with E-state index in [1.807, 2.05) is 0 Å². The molecular weight excluding hydrogens is 322 g/mol. The summed E-state index contributed by atoms with van der Waals surface area (Å²) in [5.41, 5.74) is 5.37. The normalized spacial score (nSPS) is 28.0. The summed E-state index contributed by atoms with van der Waals surface area (Å²) in [6, 6.07) is 7.08. The van der Waals surface area contributed by atoms with Crippen LogP contribution in [0.1, 0.15) is 42.5 Å². The fourth-order valence-corrected chi connectivity index (χ4v) is 5.29. The Hall–Kier alpha value is -1.21. The Morgan fingerprint density at radius 1 is 1.46 bits per heavy atom. The van der Waals surface area contributed by atoms with Crippen LogP contribution in [0.3, 0.4) is 0 Å². The molecule has 0 spiro atoms. The first-order valence-corrected chi connectivity index (χ1v) is 9.90. The van der Waals surface area contributed by atoms with Gasteiger partial charge in [0.05, 0.1) is 0 Å². The van der Waals surface area contributed by atoms with Gasteiger partial charge < -0.3 is 4.98 Å². The minimum absolute atomic E-state index is 0.0560. The monoisotopic (exact) mass is 347 g/mol. The summed E-state index contributed by atoms with van der Waals surface area (Å²) in [5.74, 6) is 0.415. The number of benzene rings is 1. The largest absolute Gasteiger partial charge is 0.358 e. The van der Waals surface area contributed by atoms with Crippen molar-refractivity contribution in [3.63, 3.8) is 0 Å². The molecule has 2 aliphatic rings. The van der Waals surface area contributed by atoms with Gasteiger partial charge in [-0.25, -0.2) is 8.93 Å².